The van der Waals surface area contributed by atoms with E-state index in [1.807, 2.05) is 6.92 Å². The summed E-state index contributed by atoms with van der Waals surface area (Å²) in [7, 11) is 0. The van der Waals surface area contributed by atoms with Gasteiger partial charge in [0.25, 0.3) is 0 Å². The molecule has 0 aromatic heterocycles. The van der Waals surface area contributed by atoms with Gasteiger partial charge < -0.3 is 4.74 Å². The molecule has 0 amide bonds. The molecule has 2 heteroatoms. The Labute approximate surface area is 75.3 Å². The van der Waals surface area contributed by atoms with Gasteiger partial charge in [0, 0.05) is 19.4 Å². The van der Waals surface area contributed by atoms with Crippen LogP contribution in [0.5, 0.6) is 0 Å². The van der Waals surface area contributed by atoms with Gasteiger partial charge in [0.15, 0.2) is 0 Å². The average molecular weight is 172 g/mol. The van der Waals surface area contributed by atoms with E-state index in [1.54, 1.807) is 0 Å². The molecule has 0 N–H and O–H groups in total. The van der Waals surface area contributed by atoms with E-state index in [0.717, 1.165) is 25.9 Å². The number of Topliss-reactive ketones (excluding diaryl/α,β-unsaturated/α-hetero) is 1. The Hall–Kier alpha value is -0.370. The molecule has 12 heavy (non-hydrogen) atoms. The maximum absolute atomic E-state index is 11.0. The third-order valence-corrected chi connectivity index (χ3v) is 1.70. The highest BCUT2D eigenvalue weighted by molar-refractivity contribution is 5.78. The van der Waals surface area contributed by atoms with Gasteiger partial charge in [-0.2, -0.15) is 0 Å². The highest BCUT2D eigenvalue weighted by atomic mass is 16.5. The lowest BCUT2D eigenvalue weighted by molar-refractivity contribution is -0.120. The van der Waals surface area contributed by atoms with Crippen LogP contribution in [0.2, 0.25) is 0 Å². The fourth-order valence-electron chi connectivity index (χ4n) is 0.938. The van der Waals surface area contributed by atoms with Gasteiger partial charge in [0.1, 0.15) is 5.78 Å². The third-order valence-electron chi connectivity index (χ3n) is 1.70. The Morgan fingerprint density at radius 3 is 2.42 bits per heavy atom. The summed E-state index contributed by atoms with van der Waals surface area (Å²) in [4.78, 5) is 11.0. The van der Waals surface area contributed by atoms with Gasteiger partial charge in [-0.1, -0.05) is 20.3 Å². The molecule has 0 saturated carbocycles. The van der Waals surface area contributed by atoms with Crippen molar-refractivity contribution in [1.82, 2.24) is 0 Å². The van der Waals surface area contributed by atoms with E-state index in [4.69, 9.17) is 4.74 Å². The highest BCUT2D eigenvalue weighted by Crippen LogP contribution is 1.95. The maximum Gasteiger partial charge on any atom is 0.135 e. The molecular weight excluding hydrogens is 152 g/mol. The molecular formula is C10H20O2. The molecule has 0 unspecified atom stereocenters. The number of carbonyl (C=O) groups is 1. The van der Waals surface area contributed by atoms with E-state index in [0.29, 0.717) is 25.2 Å². The van der Waals surface area contributed by atoms with Crippen LogP contribution < -0.4 is 0 Å². The van der Waals surface area contributed by atoms with Crippen molar-refractivity contribution in [1.29, 1.82) is 0 Å². The minimum Gasteiger partial charge on any atom is -0.381 e. The van der Waals surface area contributed by atoms with Gasteiger partial charge in [-0.25, -0.2) is 0 Å². The minimum atomic E-state index is 0.328. The summed E-state index contributed by atoms with van der Waals surface area (Å²) in [5, 5.41) is 0. The molecule has 0 aliphatic rings. The van der Waals surface area contributed by atoms with E-state index in [-0.39, 0.29) is 0 Å². The summed E-state index contributed by atoms with van der Waals surface area (Å²) in [6.45, 7) is 5.57. The number of hydrogen-bond donors (Lipinski definition) is 0. The summed E-state index contributed by atoms with van der Waals surface area (Å²) in [5.41, 5.74) is 0. The highest BCUT2D eigenvalue weighted by Gasteiger charge is 1.98. The van der Waals surface area contributed by atoms with E-state index in [9.17, 15) is 4.79 Å². The Bertz CT molecular complexity index is 110. The second-order valence-corrected chi connectivity index (χ2v) is 3.00. The summed E-state index contributed by atoms with van der Waals surface area (Å²) >= 11 is 0. The summed E-state index contributed by atoms with van der Waals surface area (Å²) in [5.74, 6) is 0.328. The Morgan fingerprint density at radius 2 is 1.83 bits per heavy atom. The molecule has 0 aliphatic carbocycles. The second kappa shape index (κ2) is 8.72. The monoisotopic (exact) mass is 172 g/mol. The molecule has 72 valence electrons. The first-order valence-corrected chi connectivity index (χ1v) is 4.90. The lowest BCUT2D eigenvalue weighted by Crippen LogP contribution is -2.04. The van der Waals surface area contributed by atoms with Crippen LogP contribution in [-0.4, -0.2) is 19.0 Å². The number of unbranched alkanes of at least 4 members (excludes halogenated alkanes) is 1. The zero-order valence-electron chi connectivity index (χ0n) is 8.27. The molecule has 2 nitrogen and oxygen atoms in total. The largest absolute Gasteiger partial charge is 0.381 e. The van der Waals surface area contributed by atoms with Crippen molar-refractivity contribution in [3.63, 3.8) is 0 Å². The van der Waals surface area contributed by atoms with Crippen LogP contribution in [0, 0.1) is 0 Å². The van der Waals surface area contributed by atoms with Crippen molar-refractivity contribution in [3.05, 3.63) is 0 Å². The summed E-state index contributed by atoms with van der Waals surface area (Å²) in [6.07, 6.45) is 4.51. The van der Waals surface area contributed by atoms with Crippen molar-refractivity contribution in [2.24, 2.45) is 0 Å². The molecule has 0 heterocycles. The molecule has 0 spiro atoms. The number of ketones is 1. The molecule has 0 aromatic rings. The second-order valence-electron chi connectivity index (χ2n) is 3.00. The number of rotatable bonds is 8. The quantitative estimate of drug-likeness (QED) is 0.526. The maximum atomic E-state index is 11.0. The molecule has 0 radical (unpaired) electrons. The topological polar surface area (TPSA) is 26.3 Å². The summed E-state index contributed by atoms with van der Waals surface area (Å²) in [6, 6.07) is 0. The van der Waals surface area contributed by atoms with Gasteiger partial charge >= 0.3 is 0 Å². The SMILES string of the molecule is CCCCOCCC(=O)CCC. The molecule has 0 fully saturated rings. The Morgan fingerprint density at radius 1 is 1.08 bits per heavy atom. The molecule has 0 saturated heterocycles. The van der Waals surface area contributed by atoms with Crippen LogP contribution >= 0.6 is 0 Å². The predicted octanol–water partition coefficient (Wildman–Crippen LogP) is 2.56. The lowest BCUT2D eigenvalue weighted by Gasteiger charge is -2.01. The molecule has 0 atom stereocenters. The van der Waals surface area contributed by atoms with E-state index in [2.05, 4.69) is 6.92 Å². The van der Waals surface area contributed by atoms with Crippen LogP contribution in [-0.2, 0) is 9.53 Å². The van der Waals surface area contributed by atoms with E-state index >= 15 is 0 Å². The smallest absolute Gasteiger partial charge is 0.135 e. The first-order chi connectivity index (χ1) is 5.81. The predicted molar refractivity (Wildman–Crippen MR) is 50.3 cm³/mol. The minimum absolute atomic E-state index is 0.328. The summed E-state index contributed by atoms with van der Waals surface area (Å²) < 4.78 is 5.27. The number of hydrogen-bond acceptors (Lipinski definition) is 2. The zero-order chi connectivity index (χ0) is 9.23. The van der Waals surface area contributed by atoms with Crippen LogP contribution in [0.15, 0.2) is 0 Å². The molecule has 0 aliphatic heterocycles. The molecule has 0 aromatic carbocycles. The first kappa shape index (κ1) is 11.6. The molecule has 0 bridgehead atoms. The van der Waals surface area contributed by atoms with Gasteiger partial charge in [0.05, 0.1) is 6.61 Å². The average Bonchev–Trinajstić information content (AvgIpc) is 2.05. The van der Waals surface area contributed by atoms with Crippen molar-refractivity contribution >= 4 is 5.78 Å². The van der Waals surface area contributed by atoms with Gasteiger partial charge in [0.2, 0.25) is 0 Å². The third kappa shape index (κ3) is 7.73. The Balaban J connectivity index is 3.03. The van der Waals surface area contributed by atoms with Crippen LogP contribution in [0.1, 0.15) is 46.0 Å². The number of carbonyl (C=O) groups excluding carboxylic acids is 1. The van der Waals surface area contributed by atoms with Crippen molar-refractivity contribution in [3.8, 4) is 0 Å². The van der Waals surface area contributed by atoms with Gasteiger partial charge in [-0.3, -0.25) is 4.79 Å². The fraction of sp³-hybridized carbons (Fsp3) is 0.900. The van der Waals surface area contributed by atoms with Gasteiger partial charge in [-0.05, 0) is 12.8 Å². The van der Waals surface area contributed by atoms with Crippen molar-refractivity contribution in [2.45, 2.75) is 46.0 Å². The standard InChI is InChI=1S/C10H20O2/c1-3-5-8-12-9-7-10(11)6-4-2/h3-9H2,1-2H3. The van der Waals surface area contributed by atoms with E-state index < -0.39 is 0 Å². The normalized spacial score (nSPS) is 10.2. The van der Waals surface area contributed by atoms with Crippen LogP contribution in [0.25, 0.3) is 0 Å². The molecule has 0 rings (SSSR count). The van der Waals surface area contributed by atoms with Crippen LogP contribution in [0.4, 0.5) is 0 Å². The van der Waals surface area contributed by atoms with Crippen molar-refractivity contribution in [2.75, 3.05) is 13.2 Å². The fourth-order valence-corrected chi connectivity index (χ4v) is 0.938. The number of ether oxygens (including phenoxy) is 1. The van der Waals surface area contributed by atoms with Gasteiger partial charge in [-0.15, -0.1) is 0 Å². The zero-order valence-corrected chi connectivity index (χ0v) is 8.27. The first-order valence-electron chi connectivity index (χ1n) is 4.90. The van der Waals surface area contributed by atoms with Crippen LogP contribution in [0.3, 0.4) is 0 Å². The lowest BCUT2D eigenvalue weighted by atomic mass is 10.2. The Kier molecular flexibility index (Phi) is 8.46. The van der Waals surface area contributed by atoms with E-state index in [1.165, 1.54) is 0 Å². The van der Waals surface area contributed by atoms with Crippen molar-refractivity contribution < 1.29 is 9.53 Å².